The van der Waals surface area contributed by atoms with Gasteiger partial charge in [-0.1, -0.05) is 54.5 Å². The number of hydrogen-bond donors (Lipinski definition) is 2. The molecule has 1 heterocycles. The standard InChI is InChI=1S/C22H39NO5/c1-15(2)10-17(11-16(3)4)8-9-18-12-22(14-24,28-19(18)25)13-23(27)20(26)21(5,6)7/h9,15-17,24,27H,8,10-14H2,1-7H3/b18-9+/t22-/m0/s1. The van der Waals surface area contributed by atoms with E-state index in [0.717, 1.165) is 19.3 Å². The van der Waals surface area contributed by atoms with E-state index in [2.05, 4.69) is 27.7 Å². The Morgan fingerprint density at radius 3 is 2.18 bits per heavy atom. The molecule has 0 unspecified atom stereocenters. The molecule has 162 valence electrons. The molecule has 0 radical (unpaired) electrons. The molecule has 1 fully saturated rings. The average molecular weight is 398 g/mol. The van der Waals surface area contributed by atoms with E-state index in [9.17, 15) is 19.9 Å². The van der Waals surface area contributed by atoms with Gasteiger partial charge in [-0.2, -0.15) is 0 Å². The van der Waals surface area contributed by atoms with Crippen molar-refractivity contribution < 1.29 is 24.6 Å². The van der Waals surface area contributed by atoms with Crippen molar-refractivity contribution in [2.24, 2.45) is 23.2 Å². The molecular formula is C22H39NO5. The molecule has 0 aromatic rings. The highest BCUT2D eigenvalue weighted by Gasteiger charge is 2.46. The van der Waals surface area contributed by atoms with Crippen molar-refractivity contribution in [2.45, 2.75) is 79.8 Å². The van der Waals surface area contributed by atoms with Crippen molar-refractivity contribution in [2.75, 3.05) is 13.2 Å². The second-order valence-electron chi connectivity index (χ2n) is 10.1. The van der Waals surface area contributed by atoms with E-state index in [1.165, 1.54) is 0 Å². The van der Waals surface area contributed by atoms with Crippen LogP contribution in [0, 0.1) is 23.2 Å². The highest BCUT2D eigenvalue weighted by Crippen LogP contribution is 2.34. The molecule has 1 amide bonds. The van der Waals surface area contributed by atoms with Gasteiger partial charge in [0.2, 0.25) is 0 Å². The molecule has 1 aliphatic rings. The summed E-state index contributed by atoms with van der Waals surface area (Å²) in [6, 6.07) is 0. The van der Waals surface area contributed by atoms with Gasteiger partial charge in [0.25, 0.3) is 5.91 Å². The first kappa shape index (κ1) is 24.6. The van der Waals surface area contributed by atoms with Gasteiger partial charge in [-0.25, -0.2) is 9.86 Å². The second kappa shape index (κ2) is 9.88. The maximum absolute atomic E-state index is 12.4. The lowest BCUT2D eigenvalue weighted by Crippen LogP contribution is -2.49. The fourth-order valence-electron chi connectivity index (χ4n) is 3.76. The minimum absolute atomic E-state index is 0.187. The minimum atomic E-state index is -1.29. The van der Waals surface area contributed by atoms with E-state index in [1.807, 2.05) is 6.08 Å². The van der Waals surface area contributed by atoms with E-state index in [4.69, 9.17) is 4.74 Å². The summed E-state index contributed by atoms with van der Waals surface area (Å²) in [5.74, 6) is 0.698. The smallest absolute Gasteiger partial charge is 0.334 e. The van der Waals surface area contributed by atoms with Crippen LogP contribution < -0.4 is 0 Å². The predicted molar refractivity (Wildman–Crippen MR) is 109 cm³/mol. The lowest BCUT2D eigenvalue weighted by molar-refractivity contribution is -0.193. The fourth-order valence-corrected chi connectivity index (χ4v) is 3.76. The van der Waals surface area contributed by atoms with Gasteiger partial charge in [-0.05, 0) is 37.0 Å². The zero-order valence-corrected chi connectivity index (χ0v) is 18.6. The number of aliphatic hydroxyl groups is 1. The van der Waals surface area contributed by atoms with E-state index < -0.39 is 29.5 Å². The number of nitrogens with zero attached hydrogens (tertiary/aromatic N) is 1. The molecule has 2 N–H and O–H groups in total. The third kappa shape index (κ3) is 7.21. The quantitative estimate of drug-likeness (QED) is 0.266. The lowest BCUT2D eigenvalue weighted by atomic mass is 9.86. The molecule has 6 nitrogen and oxygen atoms in total. The molecule has 0 spiro atoms. The highest BCUT2D eigenvalue weighted by molar-refractivity contribution is 5.91. The number of amides is 1. The number of carbonyl (C=O) groups is 2. The number of esters is 1. The van der Waals surface area contributed by atoms with Crippen LogP contribution in [0.5, 0.6) is 0 Å². The third-order valence-electron chi connectivity index (χ3n) is 4.99. The Balaban J connectivity index is 2.87. The maximum atomic E-state index is 12.4. The van der Waals surface area contributed by atoms with Crippen molar-refractivity contribution in [3.63, 3.8) is 0 Å². The Hall–Kier alpha value is -1.40. The second-order valence-corrected chi connectivity index (χ2v) is 10.1. The van der Waals surface area contributed by atoms with Crippen LogP contribution in [-0.4, -0.2) is 46.0 Å². The topological polar surface area (TPSA) is 87.1 Å². The Labute approximate surface area is 169 Å². The average Bonchev–Trinajstić information content (AvgIpc) is 2.86. The number of cyclic esters (lactones) is 1. The Kier molecular flexibility index (Phi) is 8.69. The Bertz CT molecular complexity index is 566. The minimum Gasteiger partial charge on any atom is -0.451 e. The zero-order chi connectivity index (χ0) is 21.7. The van der Waals surface area contributed by atoms with E-state index >= 15 is 0 Å². The molecule has 0 aromatic carbocycles. The molecule has 1 atom stereocenters. The summed E-state index contributed by atoms with van der Waals surface area (Å²) in [6.07, 6.45) is 5.07. The molecular weight excluding hydrogens is 358 g/mol. The van der Waals surface area contributed by atoms with Gasteiger partial charge in [0.1, 0.15) is 0 Å². The molecule has 1 rings (SSSR count). The van der Waals surface area contributed by atoms with Crippen LogP contribution in [0.4, 0.5) is 0 Å². The maximum Gasteiger partial charge on any atom is 0.334 e. The molecule has 0 saturated carbocycles. The SMILES string of the molecule is CC(C)CC(C/C=C1\C[C@@](CO)(CN(O)C(=O)C(C)(C)C)OC1=O)CC(C)C. The summed E-state index contributed by atoms with van der Waals surface area (Å²) >= 11 is 0. The first-order valence-corrected chi connectivity index (χ1v) is 10.3. The van der Waals surface area contributed by atoms with Crippen LogP contribution in [0.3, 0.4) is 0 Å². The summed E-state index contributed by atoms with van der Waals surface area (Å²) in [4.78, 5) is 24.6. The molecule has 6 heteroatoms. The van der Waals surface area contributed by atoms with Gasteiger partial charge in [0, 0.05) is 17.4 Å². The predicted octanol–water partition coefficient (Wildman–Crippen LogP) is 3.95. The summed E-state index contributed by atoms with van der Waals surface area (Å²) in [5.41, 5.74) is -1.54. The summed E-state index contributed by atoms with van der Waals surface area (Å²) in [6.45, 7) is 13.2. The largest absolute Gasteiger partial charge is 0.451 e. The first-order valence-electron chi connectivity index (χ1n) is 10.3. The van der Waals surface area contributed by atoms with Crippen molar-refractivity contribution in [1.82, 2.24) is 5.06 Å². The molecule has 1 aliphatic heterocycles. The molecule has 0 aliphatic carbocycles. The highest BCUT2D eigenvalue weighted by atomic mass is 16.6. The molecule has 1 saturated heterocycles. The van der Waals surface area contributed by atoms with Crippen LogP contribution in [0.1, 0.15) is 74.1 Å². The summed E-state index contributed by atoms with van der Waals surface area (Å²) in [7, 11) is 0. The van der Waals surface area contributed by atoms with Gasteiger partial charge < -0.3 is 9.84 Å². The van der Waals surface area contributed by atoms with Crippen LogP contribution in [0.15, 0.2) is 11.6 Å². The summed E-state index contributed by atoms with van der Waals surface area (Å²) in [5, 5.41) is 20.6. The van der Waals surface area contributed by atoms with Crippen LogP contribution in [0.2, 0.25) is 0 Å². The van der Waals surface area contributed by atoms with E-state index in [1.54, 1.807) is 20.8 Å². The van der Waals surface area contributed by atoms with Crippen molar-refractivity contribution >= 4 is 11.9 Å². The zero-order valence-electron chi connectivity index (χ0n) is 18.6. The third-order valence-corrected chi connectivity index (χ3v) is 4.99. The van der Waals surface area contributed by atoms with Gasteiger partial charge in [0.05, 0.1) is 13.2 Å². The normalized spacial score (nSPS) is 21.9. The number of hydrogen-bond acceptors (Lipinski definition) is 5. The fraction of sp³-hybridized carbons (Fsp3) is 0.818. The van der Waals surface area contributed by atoms with Crippen molar-refractivity contribution in [3.8, 4) is 0 Å². The van der Waals surface area contributed by atoms with Crippen LogP contribution in [0.25, 0.3) is 0 Å². The van der Waals surface area contributed by atoms with Gasteiger partial charge >= 0.3 is 5.97 Å². The lowest BCUT2D eigenvalue weighted by Gasteiger charge is -2.31. The first-order chi connectivity index (χ1) is 12.8. The van der Waals surface area contributed by atoms with E-state index in [0.29, 0.717) is 28.4 Å². The van der Waals surface area contributed by atoms with Gasteiger partial charge in [-0.3, -0.25) is 10.0 Å². The molecule has 28 heavy (non-hydrogen) atoms. The van der Waals surface area contributed by atoms with Crippen molar-refractivity contribution in [1.29, 1.82) is 0 Å². The van der Waals surface area contributed by atoms with Crippen LogP contribution in [-0.2, 0) is 14.3 Å². The number of aliphatic hydroxyl groups excluding tert-OH is 1. The number of ether oxygens (including phenoxy) is 1. The van der Waals surface area contributed by atoms with Crippen LogP contribution >= 0.6 is 0 Å². The monoisotopic (exact) mass is 397 g/mol. The molecule has 0 bridgehead atoms. The van der Waals surface area contributed by atoms with Crippen molar-refractivity contribution in [3.05, 3.63) is 11.6 Å². The van der Waals surface area contributed by atoms with Gasteiger partial charge in [-0.15, -0.1) is 0 Å². The molecule has 0 aromatic heterocycles. The number of allylic oxidation sites excluding steroid dienone is 1. The van der Waals surface area contributed by atoms with E-state index in [-0.39, 0.29) is 13.0 Å². The Morgan fingerprint density at radius 2 is 1.75 bits per heavy atom. The Morgan fingerprint density at radius 1 is 1.21 bits per heavy atom. The number of rotatable bonds is 9. The number of carbonyl (C=O) groups excluding carboxylic acids is 2. The summed E-state index contributed by atoms with van der Waals surface area (Å²) < 4.78 is 5.43. The number of hydroxylamine groups is 2. The van der Waals surface area contributed by atoms with Gasteiger partial charge in [0.15, 0.2) is 5.60 Å².